The summed E-state index contributed by atoms with van der Waals surface area (Å²) in [5.74, 6) is 0.985. The van der Waals surface area contributed by atoms with Gasteiger partial charge in [-0.05, 0) is 50.2 Å². The Kier molecular flexibility index (Phi) is 2.54. The van der Waals surface area contributed by atoms with E-state index in [0.29, 0.717) is 6.10 Å². The summed E-state index contributed by atoms with van der Waals surface area (Å²) in [4.78, 5) is 3.18. The molecule has 2 aromatic rings. The van der Waals surface area contributed by atoms with Crippen molar-refractivity contribution >= 4 is 10.9 Å². The predicted octanol–water partition coefficient (Wildman–Crippen LogP) is 2.30. The highest BCUT2D eigenvalue weighted by Gasteiger charge is 2.14. The zero-order valence-electron chi connectivity index (χ0n) is 9.20. The van der Waals surface area contributed by atoms with Gasteiger partial charge in [0.1, 0.15) is 11.9 Å². The molecule has 3 nitrogen and oxygen atoms in total. The second-order valence-electron chi connectivity index (χ2n) is 4.29. The van der Waals surface area contributed by atoms with Crippen molar-refractivity contribution in [1.29, 1.82) is 0 Å². The summed E-state index contributed by atoms with van der Waals surface area (Å²) in [6.07, 6.45) is 4.53. The van der Waals surface area contributed by atoms with E-state index in [4.69, 9.17) is 4.74 Å². The maximum absolute atomic E-state index is 5.98. The van der Waals surface area contributed by atoms with Crippen molar-refractivity contribution in [3.8, 4) is 5.75 Å². The van der Waals surface area contributed by atoms with E-state index in [1.807, 2.05) is 12.3 Å². The zero-order valence-corrected chi connectivity index (χ0v) is 9.20. The maximum atomic E-state index is 5.98. The molecule has 0 radical (unpaired) electrons. The van der Waals surface area contributed by atoms with Crippen LogP contribution in [0.5, 0.6) is 5.75 Å². The summed E-state index contributed by atoms with van der Waals surface area (Å²) in [7, 11) is 0. The fourth-order valence-electron chi connectivity index (χ4n) is 2.21. The van der Waals surface area contributed by atoms with Crippen LogP contribution in [0.1, 0.15) is 12.8 Å². The van der Waals surface area contributed by atoms with Crippen LogP contribution >= 0.6 is 0 Å². The highest BCUT2D eigenvalue weighted by molar-refractivity contribution is 5.80. The van der Waals surface area contributed by atoms with Gasteiger partial charge in [-0.25, -0.2) is 0 Å². The van der Waals surface area contributed by atoms with Crippen LogP contribution in [0.15, 0.2) is 30.5 Å². The number of H-pyrrole nitrogens is 1. The Hall–Kier alpha value is -1.48. The Labute approximate surface area is 94.8 Å². The largest absolute Gasteiger partial charge is 0.490 e. The summed E-state index contributed by atoms with van der Waals surface area (Å²) in [6, 6.07) is 8.30. The molecule has 1 fully saturated rings. The molecule has 0 bridgehead atoms. The van der Waals surface area contributed by atoms with Crippen molar-refractivity contribution in [2.24, 2.45) is 0 Å². The zero-order chi connectivity index (χ0) is 10.8. The normalized spacial score (nSPS) is 17.8. The second-order valence-corrected chi connectivity index (χ2v) is 4.29. The van der Waals surface area contributed by atoms with E-state index >= 15 is 0 Å². The third-order valence-corrected chi connectivity index (χ3v) is 3.11. The Morgan fingerprint density at radius 3 is 2.88 bits per heavy atom. The SMILES string of the molecule is c1cc2cc(OC3CCNCC3)ccc2[nH]1. The van der Waals surface area contributed by atoms with Crippen molar-refractivity contribution in [2.45, 2.75) is 18.9 Å². The number of hydrogen-bond donors (Lipinski definition) is 2. The fourth-order valence-corrected chi connectivity index (χ4v) is 2.21. The molecule has 0 spiro atoms. The molecule has 0 aliphatic carbocycles. The molecule has 3 rings (SSSR count). The Morgan fingerprint density at radius 2 is 2.00 bits per heavy atom. The highest BCUT2D eigenvalue weighted by atomic mass is 16.5. The van der Waals surface area contributed by atoms with Crippen LogP contribution in [-0.4, -0.2) is 24.2 Å². The number of fused-ring (bicyclic) bond motifs is 1. The lowest BCUT2D eigenvalue weighted by Crippen LogP contribution is -2.34. The molecule has 2 N–H and O–H groups in total. The van der Waals surface area contributed by atoms with Crippen LogP contribution in [0.2, 0.25) is 0 Å². The van der Waals surface area contributed by atoms with Crippen molar-refractivity contribution < 1.29 is 4.74 Å². The molecule has 84 valence electrons. The number of aromatic nitrogens is 1. The highest BCUT2D eigenvalue weighted by Crippen LogP contribution is 2.22. The summed E-state index contributed by atoms with van der Waals surface area (Å²) >= 11 is 0. The van der Waals surface area contributed by atoms with Gasteiger partial charge >= 0.3 is 0 Å². The van der Waals surface area contributed by atoms with E-state index in [1.165, 1.54) is 5.39 Å². The van der Waals surface area contributed by atoms with Gasteiger partial charge in [-0.2, -0.15) is 0 Å². The third kappa shape index (κ3) is 1.91. The van der Waals surface area contributed by atoms with Gasteiger partial charge in [0.15, 0.2) is 0 Å². The van der Waals surface area contributed by atoms with Gasteiger partial charge in [0.25, 0.3) is 0 Å². The van der Waals surface area contributed by atoms with Gasteiger partial charge in [-0.1, -0.05) is 0 Å². The Bertz CT molecular complexity index is 471. The van der Waals surface area contributed by atoms with E-state index in [0.717, 1.165) is 37.2 Å². The average molecular weight is 216 g/mol. The maximum Gasteiger partial charge on any atom is 0.120 e. The van der Waals surface area contributed by atoms with E-state index in [1.54, 1.807) is 0 Å². The monoisotopic (exact) mass is 216 g/mol. The Balaban J connectivity index is 1.77. The first-order chi connectivity index (χ1) is 7.92. The molecular formula is C13H16N2O. The number of benzene rings is 1. The van der Waals surface area contributed by atoms with E-state index in [2.05, 4.69) is 28.5 Å². The number of ether oxygens (including phenoxy) is 1. The minimum atomic E-state index is 0.373. The second kappa shape index (κ2) is 4.18. The van der Waals surface area contributed by atoms with Gasteiger partial charge in [-0.3, -0.25) is 0 Å². The molecular weight excluding hydrogens is 200 g/mol. The first-order valence-corrected chi connectivity index (χ1v) is 5.86. The van der Waals surface area contributed by atoms with E-state index in [9.17, 15) is 0 Å². The predicted molar refractivity (Wildman–Crippen MR) is 64.8 cm³/mol. The quantitative estimate of drug-likeness (QED) is 0.808. The summed E-state index contributed by atoms with van der Waals surface area (Å²) in [5, 5.41) is 4.56. The smallest absolute Gasteiger partial charge is 0.120 e. The molecule has 1 aliphatic rings. The molecule has 2 heterocycles. The van der Waals surface area contributed by atoms with Crippen molar-refractivity contribution in [1.82, 2.24) is 10.3 Å². The van der Waals surface area contributed by atoms with Crippen LogP contribution in [-0.2, 0) is 0 Å². The van der Waals surface area contributed by atoms with Crippen LogP contribution in [0.3, 0.4) is 0 Å². The van der Waals surface area contributed by atoms with E-state index < -0.39 is 0 Å². The number of rotatable bonds is 2. The lowest BCUT2D eigenvalue weighted by Gasteiger charge is -2.23. The minimum absolute atomic E-state index is 0.373. The molecule has 1 aromatic heterocycles. The van der Waals surface area contributed by atoms with Crippen LogP contribution < -0.4 is 10.1 Å². The standard InChI is InChI=1S/C13H16N2O/c1-2-13-10(3-8-15-13)9-12(1)16-11-4-6-14-7-5-11/h1-3,8-9,11,14-15H,4-7H2. The summed E-state index contributed by atoms with van der Waals surface area (Å²) in [5.41, 5.74) is 1.16. The molecule has 1 aromatic carbocycles. The van der Waals surface area contributed by atoms with Gasteiger partial charge < -0.3 is 15.0 Å². The number of piperidine rings is 1. The first-order valence-electron chi connectivity index (χ1n) is 5.86. The van der Waals surface area contributed by atoms with Crippen LogP contribution in [0, 0.1) is 0 Å². The van der Waals surface area contributed by atoms with Crippen LogP contribution in [0.25, 0.3) is 10.9 Å². The van der Waals surface area contributed by atoms with Crippen molar-refractivity contribution in [3.63, 3.8) is 0 Å². The lowest BCUT2D eigenvalue weighted by molar-refractivity contribution is 0.162. The molecule has 16 heavy (non-hydrogen) atoms. The molecule has 0 amide bonds. The fraction of sp³-hybridized carbons (Fsp3) is 0.385. The van der Waals surface area contributed by atoms with Gasteiger partial charge in [-0.15, -0.1) is 0 Å². The van der Waals surface area contributed by atoms with Gasteiger partial charge in [0.2, 0.25) is 0 Å². The number of aromatic amines is 1. The average Bonchev–Trinajstić information content (AvgIpc) is 2.77. The molecule has 0 unspecified atom stereocenters. The number of nitrogens with one attached hydrogen (secondary N) is 2. The number of hydrogen-bond acceptors (Lipinski definition) is 2. The summed E-state index contributed by atoms with van der Waals surface area (Å²) < 4.78 is 5.98. The Morgan fingerprint density at radius 1 is 1.12 bits per heavy atom. The molecule has 3 heteroatoms. The van der Waals surface area contributed by atoms with Gasteiger partial charge in [0.05, 0.1) is 0 Å². The molecule has 0 saturated carbocycles. The summed E-state index contributed by atoms with van der Waals surface area (Å²) in [6.45, 7) is 2.13. The molecule has 0 atom stereocenters. The molecule has 1 saturated heterocycles. The molecule has 1 aliphatic heterocycles. The topological polar surface area (TPSA) is 37.0 Å². The minimum Gasteiger partial charge on any atom is -0.490 e. The van der Waals surface area contributed by atoms with E-state index in [-0.39, 0.29) is 0 Å². The first kappa shape index (κ1) is 9.73. The third-order valence-electron chi connectivity index (χ3n) is 3.11. The van der Waals surface area contributed by atoms with Gasteiger partial charge in [0, 0.05) is 17.1 Å². The van der Waals surface area contributed by atoms with Crippen LogP contribution in [0.4, 0.5) is 0 Å². The van der Waals surface area contributed by atoms with Crippen molar-refractivity contribution in [3.05, 3.63) is 30.5 Å². The lowest BCUT2D eigenvalue weighted by atomic mass is 10.1. The van der Waals surface area contributed by atoms with Crippen molar-refractivity contribution in [2.75, 3.05) is 13.1 Å².